The minimum atomic E-state index is -0.0344. The summed E-state index contributed by atoms with van der Waals surface area (Å²) in [4.78, 5) is 15.0. The fourth-order valence-corrected chi connectivity index (χ4v) is 4.96. The molecule has 1 N–H and O–H groups in total. The molecule has 0 radical (unpaired) electrons. The number of ether oxygens (including phenoxy) is 1. The lowest BCUT2D eigenvalue weighted by Gasteiger charge is -2.36. The molecule has 6 heteroatoms. The van der Waals surface area contributed by atoms with E-state index in [1.54, 1.807) is 6.07 Å². The molecule has 1 saturated heterocycles. The third-order valence-corrected chi connectivity index (χ3v) is 6.96. The van der Waals surface area contributed by atoms with Crippen LogP contribution in [0.3, 0.4) is 0 Å². The van der Waals surface area contributed by atoms with Crippen LogP contribution in [-0.4, -0.2) is 54.1 Å². The van der Waals surface area contributed by atoms with Gasteiger partial charge in [-0.15, -0.1) is 0 Å². The summed E-state index contributed by atoms with van der Waals surface area (Å²) in [5, 5.41) is 3.63. The number of halogens is 1. The van der Waals surface area contributed by atoms with E-state index in [2.05, 4.69) is 23.4 Å². The molecule has 1 atom stereocenters. The Labute approximate surface area is 178 Å². The third kappa shape index (κ3) is 6.04. The molecule has 0 spiro atoms. The van der Waals surface area contributed by atoms with Crippen LogP contribution in [0, 0.1) is 0 Å². The first-order chi connectivity index (χ1) is 13.6. The largest absolute Gasteiger partial charge is 0.489 e. The van der Waals surface area contributed by atoms with Gasteiger partial charge in [0.05, 0.1) is 5.02 Å². The number of carbonyl (C=O) groups is 1. The number of thioether (sulfide) groups is 1. The van der Waals surface area contributed by atoms with Gasteiger partial charge in [0, 0.05) is 30.7 Å². The first kappa shape index (κ1) is 21.8. The number of amides is 1. The lowest BCUT2D eigenvalue weighted by Crippen LogP contribution is -2.43. The average Bonchev–Trinajstić information content (AvgIpc) is 3.21. The second kappa shape index (κ2) is 10.7. The zero-order valence-electron chi connectivity index (χ0n) is 17.1. The molecule has 28 heavy (non-hydrogen) atoms. The van der Waals surface area contributed by atoms with Crippen LogP contribution in [0.5, 0.6) is 5.75 Å². The Morgan fingerprint density at radius 1 is 1.29 bits per heavy atom. The van der Waals surface area contributed by atoms with Gasteiger partial charge in [-0.2, -0.15) is 11.8 Å². The molecule has 1 saturated carbocycles. The quantitative estimate of drug-likeness (QED) is 0.637. The topological polar surface area (TPSA) is 41.6 Å². The smallest absolute Gasteiger partial charge is 0.251 e. The van der Waals surface area contributed by atoms with Gasteiger partial charge in [0.25, 0.3) is 5.91 Å². The zero-order chi connectivity index (χ0) is 19.9. The highest BCUT2D eigenvalue weighted by atomic mass is 35.5. The van der Waals surface area contributed by atoms with E-state index in [1.165, 1.54) is 25.0 Å². The van der Waals surface area contributed by atoms with Crippen molar-refractivity contribution in [2.75, 3.05) is 25.1 Å². The minimum Gasteiger partial charge on any atom is -0.489 e. The molecule has 1 aromatic carbocycles. The van der Waals surface area contributed by atoms with Gasteiger partial charge in [-0.1, -0.05) is 24.4 Å². The van der Waals surface area contributed by atoms with E-state index >= 15 is 0 Å². The maximum Gasteiger partial charge on any atom is 0.251 e. The normalized spacial score (nSPS) is 20.2. The average molecular weight is 425 g/mol. The number of hydrogen-bond donors (Lipinski definition) is 1. The van der Waals surface area contributed by atoms with Crippen LogP contribution in [0.4, 0.5) is 0 Å². The molecule has 1 aliphatic heterocycles. The van der Waals surface area contributed by atoms with Crippen LogP contribution in [0.2, 0.25) is 5.02 Å². The summed E-state index contributed by atoms with van der Waals surface area (Å²) in [6.45, 7) is 4.46. The Morgan fingerprint density at radius 2 is 2.00 bits per heavy atom. The van der Waals surface area contributed by atoms with E-state index in [0.29, 0.717) is 28.4 Å². The van der Waals surface area contributed by atoms with Crippen molar-refractivity contribution in [1.82, 2.24) is 10.2 Å². The van der Waals surface area contributed by atoms with Crippen molar-refractivity contribution in [3.05, 3.63) is 28.8 Å². The molecule has 2 fully saturated rings. The molecule has 0 unspecified atom stereocenters. The number of carbonyl (C=O) groups excluding carboxylic acids is 1. The Hall–Kier alpha value is -0.910. The predicted molar refractivity (Wildman–Crippen MR) is 119 cm³/mol. The highest BCUT2D eigenvalue weighted by Gasteiger charge is 2.24. The van der Waals surface area contributed by atoms with E-state index in [0.717, 1.165) is 38.8 Å². The lowest BCUT2D eigenvalue weighted by molar-refractivity contribution is 0.0791. The highest BCUT2D eigenvalue weighted by Crippen LogP contribution is 2.29. The molecule has 2 aliphatic rings. The lowest BCUT2D eigenvalue weighted by atomic mass is 10.0. The van der Waals surface area contributed by atoms with Gasteiger partial charge < -0.3 is 15.0 Å². The summed E-state index contributed by atoms with van der Waals surface area (Å²) in [6.07, 6.45) is 10.2. The molecule has 1 amide bonds. The molecule has 1 aromatic rings. The molecule has 3 rings (SSSR count). The molecule has 1 aliphatic carbocycles. The number of nitrogens with zero attached hydrogens (tertiary/aromatic N) is 1. The molecule has 0 aromatic heterocycles. The summed E-state index contributed by atoms with van der Waals surface area (Å²) in [7, 11) is 0. The van der Waals surface area contributed by atoms with Gasteiger partial charge in [0.15, 0.2) is 0 Å². The standard InChI is InChI=1S/C22H33ClN2O2S/c1-16(11-14-28-2)25-12-9-19(10-13-25)27-21-8-7-17(15-20(21)23)22(26)24-18-5-3-4-6-18/h7-8,15-16,18-19H,3-6,9-14H2,1-2H3,(H,24,26)/t16-/m0/s1. The van der Waals surface area contributed by atoms with Crippen molar-refractivity contribution in [3.8, 4) is 5.75 Å². The Balaban J connectivity index is 1.49. The summed E-state index contributed by atoms with van der Waals surface area (Å²) in [6, 6.07) is 6.35. The molecular formula is C22H33ClN2O2S. The second-order valence-corrected chi connectivity index (χ2v) is 9.48. The van der Waals surface area contributed by atoms with Crippen LogP contribution in [0.25, 0.3) is 0 Å². The highest BCUT2D eigenvalue weighted by molar-refractivity contribution is 7.98. The molecular weight excluding hydrogens is 392 g/mol. The molecule has 0 bridgehead atoms. The first-order valence-corrected chi connectivity index (χ1v) is 12.3. The predicted octanol–water partition coefficient (Wildman–Crippen LogP) is 5.00. The number of likely N-dealkylation sites (tertiary alicyclic amines) is 1. The summed E-state index contributed by atoms with van der Waals surface area (Å²) >= 11 is 8.34. The minimum absolute atomic E-state index is 0.0344. The first-order valence-electron chi connectivity index (χ1n) is 10.6. The summed E-state index contributed by atoms with van der Waals surface area (Å²) in [5.74, 6) is 1.87. The second-order valence-electron chi connectivity index (χ2n) is 8.08. The van der Waals surface area contributed by atoms with Crippen LogP contribution in [0.15, 0.2) is 18.2 Å². The number of piperidine rings is 1. The Morgan fingerprint density at radius 3 is 2.64 bits per heavy atom. The van der Waals surface area contributed by atoms with Crippen LogP contribution in [0.1, 0.15) is 62.2 Å². The van der Waals surface area contributed by atoms with Crippen molar-refractivity contribution >= 4 is 29.3 Å². The number of rotatable bonds is 8. The van der Waals surface area contributed by atoms with E-state index in [1.807, 2.05) is 23.9 Å². The van der Waals surface area contributed by atoms with E-state index in [-0.39, 0.29) is 12.0 Å². The summed E-state index contributed by atoms with van der Waals surface area (Å²) in [5.41, 5.74) is 0.613. The van der Waals surface area contributed by atoms with Gasteiger partial charge in [0.2, 0.25) is 0 Å². The van der Waals surface area contributed by atoms with Crippen molar-refractivity contribution in [3.63, 3.8) is 0 Å². The van der Waals surface area contributed by atoms with Gasteiger partial charge >= 0.3 is 0 Å². The Kier molecular flexibility index (Phi) is 8.36. The van der Waals surface area contributed by atoms with Crippen LogP contribution >= 0.6 is 23.4 Å². The number of benzene rings is 1. The van der Waals surface area contributed by atoms with E-state index in [9.17, 15) is 4.79 Å². The maximum atomic E-state index is 12.4. The number of hydrogen-bond acceptors (Lipinski definition) is 4. The van der Waals surface area contributed by atoms with Gasteiger partial charge in [-0.25, -0.2) is 0 Å². The van der Waals surface area contributed by atoms with Crippen molar-refractivity contribution < 1.29 is 9.53 Å². The maximum absolute atomic E-state index is 12.4. The van der Waals surface area contributed by atoms with Crippen molar-refractivity contribution in [1.29, 1.82) is 0 Å². The van der Waals surface area contributed by atoms with E-state index < -0.39 is 0 Å². The van der Waals surface area contributed by atoms with Crippen LogP contribution < -0.4 is 10.1 Å². The number of nitrogens with one attached hydrogen (secondary N) is 1. The molecule has 1 heterocycles. The van der Waals surface area contributed by atoms with Crippen molar-refractivity contribution in [2.45, 2.75) is 70.1 Å². The third-order valence-electron chi connectivity index (χ3n) is 6.02. The summed E-state index contributed by atoms with van der Waals surface area (Å²) < 4.78 is 6.17. The monoisotopic (exact) mass is 424 g/mol. The van der Waals surface area contributed by atoms with Gasteiger partial charge in [-0.3, -0.25) is 4.79 Å². The SMILES string of the molecule is CSCC[C@H](C)N1CCC(Oc2ccc(C(=O)NC3CCCC3)cc2Cl)CC1. The van der Waals surface area contributed by atoms with E-state index in [4.69, 9.17) is 16.3 Å². The molecule has 156 valence electrons. The Bertz CT molecular complexity index is 643. The van der Waals surface area contributed by atoms with Gasteiger partial charge in [-0.05, 0) is 69.2 Å². The van der Waals surface area contributed by atoms with Crippen LogP contribution in [-0.2, 0) is 0 Å². The van der Waals surface area contributed by atoms with Gasteiger partial charge in [0.1, 0.15) is 11.9 Å². The molecule has 4 nitrogen and oxygen atoms in total. The fourth-order valence-electron chi connectivity index (χ4n) is 4.16. The fraction of sp³-hybridized carbons (Fsp3) is 0.682. The van der Waals surface area contributed by atoms with Crippen molar-refractivity contribution in [2.24, 2.45) is 0 Å². The zero-order valence-corrected chi connectivity index (χ0v) is 18.7.